The average Bonchev–Trinajstić information content (AvgIpc) is 2.60. The molecule has 2 aromatic rings. The summed E-state index contributed by atoms with van der Waals surface area (Å²) in [6, 6.07) is 13.4. The highest BCUT2D eigenvalue weighted by molar-refractivity contribution is 7.89. The molecule has 0 heterocycles. The van der Waals surface area contributed by atoms with Gasteiger partial charge in [-0.1, -0.05) is 32.0 Å². The molecule has 1 amide bonds. The van der Waals surface area contributed by atoms with Crippen LogP contribution in [0.2, 0.25) is 0 Å². The van der Waals surface area contributed by atoms with Crippen molar-refractivity contribution in [2.24, 2.45) is 0 Å². The molecular weight excluding hydrogens is 340 g/mol. The fourth-order valence-corrected chi connectivity index (χ4v) is 3.29. The molecule has 0 aliphatic carbocycles. The maximum atomic E-state index is 12.2. The quantitative estimate of drug-likeness (QED) is 0.793. The van der Waals surface area contributed by atoms with Crippen molar-refractivity contribution >= 4 is 21.6 Å². The van der Waals surface area contributed by atoms with Gasteiger partial charge in [-0.3, -0.25) is 4.79 Å². The minimum absolute atomic E-state index is 0.0729. The van der Waals surface area contributed by atoms with Gasteiger partial charge in [-0.2, -0.15) is 0 Å². The normalized spacial score (nSPS) is 11.4. The molecule has 25 heavy (non-hydrogen) atoms. The lowest BCUT2D eigenvalue weighted by molar-refractivity contribution is -0.115. The lowest BCUT2D eigenvalue weighted by Crippen LogP contribution is -2.33. The molecule has 0 atom stereocenters. The lowest BCUT2D eigenvalue weighted by atomic mass is 10.0. The summed E-state index contributed by atoms with van der Waals surface area (Å²) >= 11 is 0. The molecule has 7 heteroatoms. The Balaban J connectivity index is 2.01. The Morgan fingerprint density at radius 1 is 1.08 bits per heavy atom. The fourth-order valence-electron chi connectivity index (χ4n) is 2.31. The fraction of sp³-hybridized carbons (Fsp3) is 0.278. The van der Waals surface area contributed by atoms with E-state index in [0.29, 0.717) is 11.4 Å². The second kappa shape index (κ2) is 8.13. The summed E-state index contributed by atoms with van der Waals surface area (Å²) in [6.45, 7) is 3.70. The van der Waals surface area contributed by atoms with Crippen LogP contribution in [0.5, 0.6) is 5.75 Å². The zero-order valence-electron chi connectivity index (χ0n) is 14.4. The molecule has 6 nitrogen and oxygen atoms in total. The van der Waals surface area contributed by atoms with Crippen LogP contribution >= 0.6 is 0 Å². The third-order valence-corrected chi connectivity index (χ3v) is 5.07. The minimum atomic E-state index is -3.77. The number of hydrogen-bond donors (Lipinski definition) is 2. The molecule has 2 rings (SSSR count). The Hall–Kier alpha value is -2.38. The summed E-state index contributed by atoms with van der Waals surface area (Å²) in [7, 11) is -2.26. The van der Waals surface area contributed by atoms with Crippen molar-refractivity contribution in [3.8, 4) is 5.75 Å². The molecule has 2 aromatic carbocycles. The standard InChI is InChI=1S/C18H22N2O4S/c1-13(2)16-6-4-5-7-17(16)20-18(21)12-19-25(22,23)15-10-8-14(24-3)9-11-15/h4-11,13,19H,12H2,1-3H3,(H,20,21). The minimum Gasteiger partial charge on any atom is -0.497 e. The van der Waals surface area contributed by atoms with E-state index in [1.165, 1.54) is 19.2 Å². The first-order chi connectivity index (χ1) is 11.8. The van der Waals surface area contributed by atoms with E-state index in [1.54, 1.807) is 18.2 Å². The Labute approximate surface area is 148 Å². The lowest BCUT2D eigenvalue weighted by Gasteiger charge is -2.14. The number of carbonyl (C=O) groups excluding carboxylic acids is 1. The van der Waals surface area contributed by atoms with Gasteiger partial charge in [0.25, 0.3) is 0 Å². The summed E-state index contributed by atoms with van der Waals surface area (Å²) in [6.07, 6.45) is 0. The molecule has 0 fully saturated rings. The maximum Gasteiger partial charge on any atom is 0.241 e. The van der Waals surface area contributed by atoms with E-state index in [4.69, 9.17) is 4.74 Å². The number of para-hydroxylation sites is 1. The van der Waals surface area contributed by atoms with Crippen molar-refractivity contribution in [2.45, 2.75) is 24.7 Å². The van der Waals surface area contributed by atoms with Crippen LogP contribution in [0.1, 0.15) is 25.3 Å². The van der Waals surface area contributed by atoms with Crippen LogP contribution in [0.3, 0.4) is 0 Å². The van der Waals surface area contributed by atoms with Gasteiger partial charge in [-0.15, -0.1) is 0 Å². The molecule has 2 N–H and O–H groups in total. The van der Waals surface area contributed by atoms with E-state index in [9.17, 15) is 13.2 Å². The summed E-state index contributed by atoms with van der Waals surface area (Å²) < 4.78 is 31.8. The molecule has 134 valence electrons. The number of sulfonamides is 1. The monoisotopic (exact) mass is 362 g/mol. The number of amides is 1. The Morgan fingerprint density at radius 2 is 1.72 bits per heavy atom. The van der Waals surface area contributed by atoms with Crippen molar-refractivity contribution in [3.05, 3.63) is 54.1 Å². The van der Waals surface area contributed by atoms with Crippen molar-refractivity contribution < 1.29 is 17.9 Å². The summed E-state index contributed by atoms with van der Waals surface area (Å²) in [5.74, 6) is 0.375. The number of ether oxygens (including phenoxy) is 1. The highest BCUT2D eigenvalue weighted by Crippen LogP contribution is 2.23. The van der Waals surface area contributed by atoms with Gasteiger partial charge in [0.05, 0.1) is 18.6 Å². The zero-order valence-corrected chi connectivity index (χ0v) is 15.3. The maximum absolute atomic E-state index is 12.2. The third kappa shape index (κ3) is 5.04. The average molecular weight is 362 g/mol. The van der Waals surface area contributed by atoms with Gasteiger partial charge in [0.2, 0.25) is 15.9 Å². The van der Waals surface area contributed by atoms with E-state index in [0.717, 1.165) is 5.56 Å². The van der Waals surface area contributed by atoms with Gasteiger partial charge < -0.3 is 10.1 Å². The highest BCUT2D eigenvalue weighted by Gasteiger charge is 2.16. The predicted molar refractivity (Wildman–Crippen MR) is 97.3 cm³/mol. The molecule has 0 aromatic heterocycles. The van der Waals surface area contributed by atoms with E-state index in [2.05, 4.69) is 10.0 Å². The van der Waals surface area contributed by atoms with Crippen molar-refractivity contribution in [1.29, 1.82) is 0 Å². The van der Waals surface area contributed by atoms with Crippen LogP contribution in [0.4, 0.5) is 5.69 Å². The summed E-state index contributed by atoms with van der Waals surface area (Å²) in [4.78, 5) is 12.2. The molecule has 0 aliphatic rings. The number of benzene rings is 2. The first-order valence-electron chi connectivity index (χ1n) is 7.86. The molecule has 0 aliphatic heterocycles. The van der Waals surface area contributed by atoms with Crippen LogP contribution in [0.15, 0.2) is 53.4 Å². The van der Waals surface area contributed by atoms with Crippen molar-refractivity contribution in [2.75, 3.05) is 19.0 Å². The number of methoxy groups -OCH3 is 1. The molecule has 0 saturated heterocycles. The van der Waals surface area contributed by atoms with Crippen LogP contribution in [-0.2, 0) is 14.8 Å². The Bertz CT molecular complexity index is 830. The number of nitrogens with one attached hydrogen (secondary N) is 2. The van der Waals surface area contributed by atoms with Gasteiger partial charge in [0.15, 0.2) is 0 Å². The SMILES string of the molecule is COc1ccc(S(=O)(=O)NCC(=O)Nc2ccccc2C(C)C)cc1. The van der Waals surface area contributed by atoms with Crippen molar-refractivity contribution in [1.82, 2.24) is 4.72 Å². The van der Waals surface area contributed by atoms with E-state index < -0.39 is 15.9 Å². The molecule has 0 radical (unpaired) electrons. The molecule has 0 unspecified atom stereocenters. The van der Waals surface area contributed by atoms with E-state index in [-0.39, 0.29) is 17.4 Å². The molecule has 0 bridgehead atoms. The highest BCUT2D eigenvalue weighted by atomic mass is 32.2. The molecular formula is C18H22N2O4S. The molecule has 0 saturated carbocycles. The van der Waals surface area contributed by atoms with Crippen LogP contribution in [0, 0.1) is 0 Å². The predicted octanol–water partition coefficient (Wildman–Crippen LogP) is 2.74. The van der Waals surface area contributed by atoms with Gasteiger partial charge in [-0.25, -0.2) is 13.1 Å². The first kappa shape index (κ1) is 19.0. The number of anilines is 1. The molecule has 0 spiro atoms. The number of hydrogen-bond acceptors (Lipinski definition) is 4. The third-order valence-electron chi connectivity index (χ3n) is 3.65. The van der Waals surface area contributed by atoms with Crippen LogP contribution < -0.4 is 14.8 Å². The van der Waals surface area contributed by atoms with Crippen molar-refractivity contribution in [3.63, 3.8) is 0 Å². The van der Waals surface area contributed by atoms with Crippen LogP contribution in [-0.4, -0.2) is 28.0 Å². The number of rotatable bonds is 7. The van der Waals surface area contributed by atoms with Crippen LogP contribution in [0.25, 0.3) is 0 Å². The van der Waals surface area contributed by atoms with Gasteiger partial charge in [0.1, 0.15) is 5.75 Å². The summed E-state index contributed by atoms with van der Waals surface area (Å²) in [5.41, 5.74) is 1.68. The largest absolute Gasteiger partial charge is 0.497 e. The van der Waals surface area contributed by atoms with Gasteiger partial charge >= 0.3 is 0 Å². The summed E-state index contributed by atoms with van der Waals surface area (Å²) in [5, 5.41) is 2.75. The zero-order chi connectivity index (χ0) is 18.4. The van der Waals surface area contributed by atoms with Gasteiger partial charge in [0, 0.05) is 5.69 Å². The number of carbonyl (C=O) groups is 1. The second-order valence-electron chi connectivity index (χ2n) is 5.79. The topological polar surface area (TPSA) is 84.5 Å². The van der Waals surface area contributed by atoms with E-state index >= 15 is 0 Å². The second-order valence-corrected chi connectivity index (χ2v) is 7.56. The Morgan fingerprint density at radius 3 is 2.32 bits per heavy atom. The van der Waals surface area contributed by atoms with E-state index in [1.807, 2.05) is 32.0 Å². The van der Waals surface area contributed by atoms with Gasteiger partial charge in [-0.05, 0) is 41.8 Å². The smallest absolute Gasteiger partial charge is 0.241 e. The Kier molecular flexibility index (Phi) is 6.17. The first-order valence-corrected chi connectivity index (χ1v) is 9.34.